The smallest absolute Gasteiger partial charge is 0.317 e. The van der Waals surface area contributed by atoms with E-state index in [0.29, 0.717) is 31.9 Å². The first kappa shape index (κ1) is 28.9. The molecule has 2 aromatic carbocycles. The Bertz CT molecular complexity index is 988. The molecular weight excluding hydrogens is 470 g/mol. The number of rotatable bonds is 13. The molecular formula is C29H43N3O5. The number of hydrogen-bond acceptors (Lipinski definition) is 6. The van der Waals surface area contributed by atoms with Gasteiger partial charge in [0.1, 0.15) is 11.5 Å². The van der Waals surface area contributed by atoms with Crippen LogP contribution in [0.1, 0.15) is 50.2 Å². The zero-order valence-corrected chi connectivity index (χ0v) is 22.2. The minimum atomic E-state index is -1.19. The highest BCUT2D eigenvalue weighted by atomic mass is 16.5. The van der Waals surface area contributed by atoms with Crippen molar-refractivity contribution < 1.29 is 24.5 Å². The number of amides is 2. The predicted octanol–water partition coefficient (Wildman–Crippen LogP) is 3.79. The maximum Gasteiger partial charge on any atom is 0.317 e. The van der Waals surface area contributed by atoms with Crippen molar-refractivity contribution in [2.75, 3.05) is 39.9 Å². The Morgan fingerprint density at radius 3 is 2.65 bits per heavy atom. The van der Waals surface area contributed by atoms with Crippen LogP contribution in [-0.4, -0.2) is 67.1 Å². The van der Waals surface area contributed by atoms with Crippen LogP contribution in [0.25, 0.3) is 0 Å². The summed E-state index contributed by atoms with van der Waals surface area (Å²) in [6, 6.07) is 15.4. The minimum absolute atomic E-state index is 0.0854. The number of nitrogens with one attached hydrogen (secondary N) is 1. The third-order valence-electron chi connectivity index (χ3n) is 7.23. The van der Waals surface area contributed by atoms with Crippen LogP contribution in [0.2, 0.25) is 0 Å². The number of unbranched alkanes of at least 4 members (excludes halogenated alkanes) is 1. The quantitative estimate of drug-likeness (QED) is 0.303. The van der Waals surface area contributed by atoms with Crippen LogP contribution in [0, 0.1) is 5.92 Å². The Balaban J connectivity index is 1.89. The number of nitrogens with zero attached hydrogens (tertiary/aromatic N) is 1. The van der Waals surface area contributed by atoms with Gasteiger partial charge >= 0.3 is 6.03 Å². The Morgan fingerprint density at radius 2 is 1.92 bits per heavy atom. The summed E-state index contributed by atoms with van der Waals surface area (Å²) in [5.41, 5.74) is 6.11. The zero-order valence-electron chi connectivity index (χ0n) is 22.2. The number of ether oxygens (including phenoxy) is 2. The molecule has 1 aliphatic heterocycles. The predicted molar refractivity (Wildman–Crippen MR) is 145 cm³/mol. The second-order valence-electron chi connectivity index (χ2n) is 9.79. The SMILES string of the molecule is CCc1ccccc1Oc1ccccc1[C@](O)(CCCCOC)[C@@H]1CCCN(C(=O)NC[C@H](O)CN)C1. The first-order valence-electron chi connectivity index (χ1n) is 13.4. The number of aryl methyl sites for hydroxylation is 1. The summed E-state index contributed by atoms with van der Waals surface area (Å²) < 4.78 is 11.7. The molecule has 3 rings (SSSR count). The average Bonchev–Trinajstić information content (AvgIpc) is 2.94. The first-order chi connectivity index (χ1) is 17.9. The van der Waals surface area contributed by atoms with E-state index in [1.54, 1.807) is 12.0 Å². The molecule has 0 radical (unpaired) electrons. The molecule has 0 bridgehead atoms. The minimum Gasteiger partial charge on any atom is -0.457 e. The lowest BCUT2D eigenvalue weighted by Gasteiger charge is -2.43. The number of methoxy groups -OCH3 is 1. The second-order valence-corrected chi connectivity index (χ2v) is 9.79. The molecule has 8 heteroatoms. The van der Waals surface area contributed by atoms with Crippen LogP contribution in [0.15, 0.2) is 48.5 Å². The number of hydrogen-bond donors (Lipinski definition) is 4. The van der Waals surface area contributed by atoms with E-state index in [2.05, 4.69) is 12.2 Å². The molecule has 2 aromatic rings. The normalized spacial score (nSPS) is 18.2. The fourth-order valence-corrected chi connectivity index (χ4v) is 5.08. The van der Waals surface area contributed by atoms with Crippen LogP contribution in [0.5, 0.6) is 11.5 Å². The fourth-order valence-electron chi connectivity index (χ4n) is 5.08. The van der Waals surface area contributed by atoms with Crippen molar-refractivity contribution in [1.29, 1.82) is 0 Å². The summed E-state index contributed by atoms with van der Waals surface area (Å²) in [7, 11) is 1.68. The molecule has 2 amide bonds. The van der Waals surface area contributed by atoms with Gasteiger partial charge in [-0.25, -0.2) is 4.79 Å². The second kappa shape index (κ2) is 14.3. The van der Waals surface area contributed by atoms with E-state index in [1.807, 2.05) is 48.5 Å². The van der Waals surface area contributed by atoms with Gasteiger partial charge in [-0.2, -0.15) is 0 Å². The van der Waals surface area contributed by atoms with E-state index >= 15 is 0 Å². The van der Waals surface area contributed by atoms with Crippen LogP contribution >= 0.6 is 0 Å². The molecule has 204 valence electrons. The summed E-state index contributed by atoms with van der Waals surface area (Å²) >= 11 is 0. The van der Waals surface area contributed by atoms with Crippen molar-refractivity contribution in [3.8, 4) is 11.5 Å². The lowest BCUT2D eigenvalue weighted by atomic mass is 9.73. The molecule has 1 heterocycles. The van der Waals surface area contributed by atoms with Crippen LogP contribution in [-0.2, 0) is 16.8 Å². The standard InChI is InChI=1S/C29H43N3O5/c1-3-22-11-4-6-14-26(22)37-27-15-7-5-13-25(27)29(35,16-8-9-18-36-2)23-12-10-17-32(21-23)28(34)31-20-24(33)19-30/h4-7,11,13-15,23-24,33,35H,3,8-10,12,16-21,30H2,1-2H3,(H,31,34)/t23-,24-,29+/m1/s1. The van der Waals surface area contributed by atoms with Crippen molar-refractivity contribution in [2.24, 2.45) is 11.7 Å². The lowest BCUT2D eigenvalue weighted by molar-refractivity contribution is -0.0575. The van der Waals surface area contributed by atoms with Gasteiger partial charge in [0.05, 0.1) is 11.7 Å². The number of piperidine rings is 1. The van der Waals surface area contributed by atoms with E-state index in [4.69, 9.17) is 15.2 Å². The third-order valence-corrected chi connectivity index (χ3v) is 7.23. The molecule has 0 saturated carbocycles. The van der Waals surface area contributed by atoms with E-state index < -0.39 is 11.7 Å². The van der Waals surface area contributed by atoms with Gasteiger partial charge in [0.15, 0.2) is 0 Å². The molecule has 0 spiro atoms. The van der Waals surface area contributed by atoms with E-state index in [-0.39, 0.29) is 25.0 Å². The molecule has 3 atom stereocenters. The molecule has 37 heavy (non-hydrogen) atoms. The van der Waals surface area contributed by atoms with Crippen molar-refractivity contribution >= 4 is 6.03 Å². The number of para-hydroxylation sites is 2. The van der Waals surface area contributed by atoms with Crippen LogP contribution < -0.4 is 15.8 Å². The molecule has 8 nitrogen and oxygen atoms in total. The first-order valence-corrected chi connectivity index (χ1v) is 13.4. The number of nitrogens with two attached hydrogens (primary N) is 1. The summed E-state index contributed by atoms with van der Waals surface area (Å²) in [5, 5.41) is 24.9. The number of carbonyl (C=O) groups excluding carboxylic acids is 1. The maximum absolute atomic E-state index is 12.8. The highest BCUT2D eigenvalue weighted by Gasteiger charge is 2.43. The molecule has 0 unspecified atom stereocenters. The molecule has 0 aromatic heterocycles. The lowest BCUT2D eigenvalue weighted by Crippen LogP contribution is -2.52. The number of urea groups is 1. The van der Waals surface area contributed by atoms with Gasteiger partial charge in [0.25, 0.3) is 0 Å². The van der Waals surface area contributed by atoms with Gasteiger partial charge in [-0.3, -0.25) is 0 Å². The van der Waals surface area contributed by atoms with Crippen molar-refractivity contribution in [3.05, 3.63) is 59.7 Å². The Morgan fingerprint density at radius 1 is 1.19 bits per heavy atom. The van der Waals surface area contributed by atoms with Gasteiger partial charge in [-0.1, -0.05) is 43.3 Å². The van der Waals surface area contributed by atoms with Gasteiger partial charge in [-0.15, -0.1) is 0 Å². The summed E-state index contributed by atoms with van der Waals surface area (Å²) in [6.07, 6.45) is 3.75. The van der Waals surface area contributed by atoms with Gasteiger partial charge in [-0.05, 0) is 56.2 Å². The molecule has 0 aliphatic carbocycles. The summed E-state index contributed by atoms with van der Waals surface area (Å²) in [4.78, 5) is 14.6. The highest BCUT2D eigenvalue weighted by molar-refractivity contribution is 5.74. The Kier molecular flexibility index (Phi) is 11.2. The molecule has 5 N–H and O–H groups in total. The summed E-state index contributed by atoms with van der Waals surface area (Å²) in [5.74, 6) is 1.23. The Hall–Kier alpha value is -2.65. The van der Waals surface area contributed by atoms with Crippen molar-refractivity contribution in [2.45, 2.75) is 57.2 Å². The van der Waals surface area contributed by atoms with Crippen molar-refractivity contribution in [3.63, 3.8) is 0 Å². The van der Waals surface area contributed by atoms with Gasteiger partial charge < -0.3 is 35.6 Å². The van der Waals surface area contributed by atoms with Gasteiger partial charge in [0.2, 0.25) is 0 Å². The zero-order chi connectivity index (χ0) is 26.7. The van der Waals surface area contributed by atoms with Crippen molar-refractivity contribution in [1.82, 2.24) is 10.2 Å². The third kappa shape index (κ3) is 7.68. The van der Waals surface area contributed by atoms with E-state index in [9.17, 15) is 15.0 Å². The molecule has 1 saturated heterocycles. The number of carbonyl (C=O) groups is 1. The Labute approximate surface area is 220 Å². The number of benzene rings is 2. The number of aliphatic hydroxyl groups is 2. The maximum atomic E-state index is 12.8. The van der Waals surface area contributed by atoms with Crippen LogP contribution in [0.3, 0.4) is 0 Å². The molecule has 1 aliphatic rings. The monoisotopic (exact) mass is 513 g/mol. The topological polar surface area (TPSA) is 117 Å². The number of aliphatic hydroxyl groups excluding tert-OH is 1. The highest BCUT2D eigenvalue weighted by Crippen LogP contribution is 2.44. The average molecular weight is 514 g/mol. The number of likely N-dealkylation sites (tertiary alicyclic amines) is 1. The van der Waals surface area contributed by atoms with Gasteiger partial charge in [0, 0.05) is 51.4 Å². The molecule has 1 fully saturated rings. The van der Waals surface area contributed by atoms with Crippen LogP contribution in [0.4, 0.5) is 4.79 Å². The fraction of sp³-hybridized carbons (Fsp3) is 0.552. The van der Waals surface area contributed by atoms with E-state index in [1.165, 1.54) is 0 Å². The largest absolute Gasteiger partial charge is 0.457 e. The van der Waals surface area contributed by atoms with E-state index in [0.717, 1.165) is 49.0 Å². The summed E-state index contributed by atoms with van der Waals surface area (Å²) in [6.45, 7) is 3.91.